The molecule has 1 aliphatic rings. The Morgan fingerprint density at radius 1 is 1.35 bits per heavy atom. The standard InChI is InChI=1S/C13H15N3O2.C2H6/c1-3-5-8-10(4-2)15-16-12(8)9-6-7-11(17)14-13(9)18;1-2/h3-5,9H,2,6-7H2,1H3,(H,15,16)(H,14,17,18);1-2H3/b5-3-;. The summed E-state index contributed by atoms with van der Waals surface area (Å²) in [6, 6.07) is 0. The first-order valence-corrected chi connectivity index (χ1v) is 6.84. The van der Waals surface area contributed by atoms with E-state index in [0.717, 1.165) is 11.3 Å². The lowest BCUT2D eigenvalue weighted by Gasteiger charge is -2.20. The van der Waals surface area contributed by atoms with Crippen LogP contribution in [-0.2, 0) is 9.59 Å². The highest BCUT2D eigenvalue weighted by atomic mass is 16.2. The summed E-state index contributed by atoms with van der Waals surface area (Å²) in [5, 5.41) is 9.35. The lowest BCUT2D eigenvalue weighted by Crippen LogP contribution is -2.39. The Bertz CT molecular complexity index is 529. The van der Waals surface area contributed by atoms with Crippen molar-refractivity contribution < 1.29 is 9.59 Å². The molecule has 1 saturated heterocycles. The largest absolute Gasteiger partial charge is 0.296 e. The molecule has 5 nitrogen and oxygen atoms in total. The van der Waals surface area contributed by atoms with E-state index < -0.39 is 0 Å². The Kier molecular flexibility index (Phi) is 5.90. The second-order valence-electron chi connectivity index (χ2n) is 4.14. The van der Waals surface area contributed by atoms with Crippen LogP contribution in [0.25, 0.3) is 12.2 Å². The first kappa shape index (κ1) is 15.9. The zero-order chi connectivity index (χ0) is 15.1. The van der Waals surface area contributed by atoms with Crippen molar-refractivity contribution in [2.24, 2.45) is 0 Å². The topological polar surface area (TPSA) is 74.8 Å². The number of aromatic amines is 1. The third kappa shape index (κ3) is 3.23. The van der Waals surface area contributed by atoms with Crippen LogP contribution in [-0.4, -0.2) is 22.0 Å². The average Bonchev–Trinajstić information content (AvgIpc) is 2.84. The molecule has 5 heteroatoms. The molecule has 108 valence electrons. The molecule has 0 saturated carbocycles. The highest BCUT2D eigenvalue weighted by molar-refractivity contribution is 6.01. The van der Waals surface area contributed by atoms with Crippen molar-refractivity contribution in [3.05, 3.63) is 29.6 Å². The number of imide groups is 1. The van der Waals surface area contributed by atoms with Gasteiger partial charge in [-0.3, -0.25) is 20.0 Å². The lowest BCUT2D eigenvalue weighted by atomic mass is 9.91. The van der Waals surface area contributed by atoms with E-state index >= 15 is 0 Å². The maximum atomic E-state index is 11.8. The van der Waals surface area contributed by atoms with Gasteiger partial charge in [0.05, 0.1) is 17.3 Å². The highest BCUT2D eigenvalue weighted by Crippen LogP contribution is 2.28. The number of carbonyl (C=O) groups excluding carboxylic acids is 2. The average molecular weight is 275 g/mol. The fraction of sp³-hybridized carbons (Fsp3) is 0.400. The predicted octanol–water partition coefficient (Wildman–Crippen LogP) is 2.63. The monoisotopic (exact) mass is 275 g/mol. The van der Waals surface area contributed by atoms with Crippen LogP contribution in [0, 0.1) is 0 Å². The molecule has 0 radical (unpaired) electrons. The summed E-state index contributed by atoms with van der Waals surface area (Å²) in [6.45, 7) is 9.59. The Balaban J connectivity index is 0.000000956. The number of hydrogen-bond donors (Lipinski definition) is 2. The van der Waals surface area contributed by atoms with Gasteiger partial charge in [0.15, 0.2) is 0 Å². The van der Waals surface area contributed by atoms with Crippen molar-refractivity contribution >= 4 is 24.0 Å². The molecule has 2 N–H and O–H groups in total. The van der Waals surface area contributed by atoms with Crippen LogP contribution in [0.5, 0.6) is 0 Å². The summed E-state index contributed by atoms with van der Waals surface area (Å²) in [7, 11) is 0. The third-order valence-electron chi connectivity index (χ3n) is 2.98. The zero-order valence-electron chi connectivity index (χ0n) is 12.2. The van der Waals surface area contributed by atoms with Crippen molar-refractivity contribution in [1.29, 1.82) is 0 Å². The summed E-state index contributed by atoms with van der Waals surface area (Å²) >= 11 is 0. The molecule has 2 heterocycles. The molecular weight excluding hydrogens is 254 g/mol. The van der Waals surface area contributed by atoms with Gasteiger partial charge >= 0.3 is 0 Å². The van der Waals surface area contributed by atoms with Crippen molar-refractivity contribution in [3.63, 3.8) is 0 Å². The molecule has 0 bridgehead atoms. The first-order chi connectivity index (χ1) is 9.67. The Labute approximate surface area is 119 Å². The van der Waals surface area contributed by atoms with Crippen LogP contribution >= 0.6 is 0 Å². The molecule has 1 atom stereocenters. The van der Waals surface area contributed by atoms with Gasteiger partial charge in [-0.05, 0) is 19.4 Å². The molecule has 1 fully saturated rings. The highest BCUT2D eigenvalue weighted by Gasteiger charge is 2.31. The van der Waals surface area contributed by atoms with Crippen LogP contribution in [0.2, 0.25) is 0 Å². The van der Waals surface area contributed by atoms with Crippen LogP contribution in [0.1, 0.15) is 56.5 Å². The van der Waals surface area contributed by atoms with Gasteiger partial charge in [-0.1, -0.05) is 32.6 Å². The van der Waals surface area contributed by atoms with Gasteiger partial charge in [0, 0.05) is 12.0 Å². The minimum absolute atomic E-state index is 0.215. The van der Waals surface area contributed by atoms with Crippen molar-refractivity contribution in [3.8, 4) is 0 Å². The number of nitrogens with zero attached hydrogens (tertiary/aromatic N) is 1. The van der Waals surface area contributed by atoms with Gasteiger partial charge in [-0.25, -0.2) is 0 Å². The number of H-pyrrole nitrogens is 1. The van der Waals surface area contributed by atoms with Crippen molar-refractivity contribution in [2.75, 3.05) is 0 Å². The second kappa shape index (κ2) is 7.43. The molecule has 1 unspecified atom stereocenters. The van der Waals surface area contributed by atoms with E-state index in [9.17, 15) is 9.59 Å². The van der Waals surface area contributed by atoms with Gasteiger partial charge in [0.2, 0.25) is 11.8 Å². The number of hydrogen-bond acceptors (Lipinski definition) is 3. The summed E-state index contributed by atoms with van der Waals surface area (Å²) in [6.07, 6.45) is 6.27. The summed E-state index contributed by atoms with van der Waals surface area (Å²) in [4.78, 5) is 23.0. The van der Waals surface area contributed by atoms with E-state index in [-0.39, 0.29) is 17.7 Å². The predicted molar refractivity (Wildman–Crippen MR) is 79.9 cm³/mol. The lowest BCUT2D eigenvalue weighted by molar-refractivity contribution is -0.134. The fourth-order valence-corrected chi connectivity index (χ4v) is 2.11. The molecule has 0 aliphatic carbocycles. The van der Waals surface area contributed by atoms with Crippen LogP contribution < -0.4 is 5.32 Å². The van der Waals surface area contributed by atoms with Gasteiger partial charge < -0.3 is 0 Å². The van der Waals surface area contributed by atoms with Gasteiger partial charge in [0.1, 0.15) is 0 Å². The zero-order valence-corrected chi connectivity index (χ0v) is 12.2. The summed E-state index contributed by atoms with van der Waals surface area (Å²) < 4.78 is 0. The minimum Gasteiger partial charge on any atom is -0.296 e. The molecule has 1 aromatic heterocycles. The molecule has 2 rings (SSSR count). The summed E-state index contributed by atoms with van der Waals surface area (Å²) in [5.74, 6) is -0.835. The van der Waals surface area contributed by atoms with E-state index in [1.54, 1.807) is 6.08 Å². The van der Waals surface area contributed by atoms with E-state index in [1.165, 1.54) is 0 Å². The second-order valence-corrected chi connectivity index (χ2v) is 4.14. The molecule has 1 aliphatic heterocycles. The Morgan fingerprint density at radius 3 is 2.60 bits per heavy atom. The number of nitrogens with one attached hydrogen (secondary N) is 2. The van der Waals surface area contributed by atoms with Crippen LogP contribution in [0.3, 0.4) is 0 Å². The third-order valence-corrected chi connectivity index (χ3v) is 2.98. The number of piperidine rings is 1. The number of aromatic nitrogens is 2. The maximum absolute atomic E-state index is 11.8. The molecule has 1 aromatic rings. The minimum atomic E-state index is -0.352. The van der Waals surface area contributed by atoms with Crippen LogP contribution in [0.4, 0.5) is 0 Å². The van der Waals surface area contributed by atoms with Crippen molar-refractivity contribution in [1.82, 2.24) is 15.5 Å². The van der Waals surface area contributed by atoms with E-state index in [0.29, 0.717) is 18.5 Å². The van der Waals surface area contributed by atoms with E-state index in [2.05, 4.69) is 22.1 Å². The molecule has 2 amide bonds. The number of allylic oxidation sites excluding steroid dienone is 1. The number of rotatable bonds is 3. The van der Waals surface area contributed by atoms with Gasteiger partial charge in [-0.2, -0.15) is 5.10 Å². The SMILES string of the molecule is C=Cc1n[nH]c(C2CCC(=O)NC2=O)c1/C=C\C.CC. The summed E-state index contributed by atoms with van der Waals surface area (Å²) in [5.41, 5.74) is 2.32. The van der Waals surface area contributed by atoms with Gasteiger partial charge in [0.25, 0.3) is 0 Å². The maximum Gasteiger partial charge on any atom is 0.235 e. The molecule has 0 aromatic carbocycles. The van der Waals surface area contributed by atoms with Crippen molar-refractivity contribution in [2.45, 2.75) is 39.5 Å². The fourth-order valence-electron chi connectivity index (χ4n) is 2.11. The quantitative estimate of drug-likeness (QED) is 0.833. The number of amides is 2. The first-order valence-electron chi connectivity index (χ1n) is 6.84. The van der Waals surface area contributed by atoms with Gasteiger partial charge in [-0.15, -0.1) is 0 Å². The normalized spacial score (nSPS) is 18.4. The molecule has 0 spiro atoms. The van der Waals surface area contributed by atoms with E-state index in [1.807, 2.05) is 32.9 Å². The smallest absolute Gasteiger partial charge is 0.235 e. The Hall–Kier alpha value is -2.17. The molecular formula is C15H21N3O2. The number of carbonyl (C=O) groups is 2. The Morgan fingerprint density at radius 2 is 2.05 bits per heavy atom. The molecule has 20 heavy (non-hydrogen) atoms. The van der Waals surface area contributed by atoms with E-state index in [4.69, 9.17) is 0 Å². The van der Waals surface area contributed by atoms with Crippen LogP contribution in [0.15, 0.2) is 12.7 Å².